The van der Waals surface area contributed by atoms with E-state index in [1.807, 2.05) is 0 Å². The molecule has 7 nitrogen and oxygen atoms in total. The van der Waals surface area contributed by atoms with Gasteiger partial charge in [0.2, 0.25) is 5.91 Å². The molecule has 0 unspecified atom stereocenters. The molecule has 6 N–H and O–H groups in total. The van der Waals surface area contributed by atoms with E-state index in [4.69, 9.17) is 11.5 Å². The fourth-order valence-electron chi connectivity index (χ4n) is 1.06. The molecule has 1 aromatic heterocycles. The molecule has 1 rings (SSSR count). The molecule has 0 radical (unpaired) electrons. The van der Waals surface area contributed by atoms with Crippen molar-refractivity contribution in [3.05, 3.63) is 17.8 Å². The Bertz CT molecular complexity index is 418. The molecule has 0 aliphatic heterocycles. The molecule has 16 heavy (non-hydrogen) atoms. The van der Waals surface area contributed by atoms with Crippen molar-refractivity contribution < 1.29 is 9.59 Å². The van der Waals surface area contributed by atoms with Gasteiger partial charge in [-0.15, -0.1) is 0 Å². The number of carbonyl (C=O) groups excluding carboxylic acids is 2. The Labute approximate surface area is 92.2 Å². The average Bonchev–Trinajstić information content (AvgIpc) is 2.26. The second-order valence-electron chi connectivity index (χ2n) is 3.06. The summed E-state index contributed by atoms with van der Waals surface area (Å²) in [6.07, 6.45) is 1.37. The lowest BCUT2D eigenvalue weighted by Crippen LogP contribution is -2.27. The van der Waals surface area contributed by atoms with Crippen molar-refractivity contribution in [1.29, 1.82) is 0 Å². The molecule has 7 heteroatoms. The summed E-state index contributed by atoms with van der Waals surface area (Å²) in [5.41, 5.74) is 11.1. The minimum atomic E-state index is -0.654. The van der Waals surface area contributed by atoms with Gasteiger partial charge in [-0.1, -0.05) is 0 Å². The van der Waals surface area contributed by atoms with Crippen molar-refractivity contribution in [2.45, 2.75) is 0 Å². The summed E-state index contributed by atoms with van der Waals surface area (Å²) in [4.78, 5) is 26.0. The van der Waals surface area contributed by atoms with Gasteiger partial charge in [0.25, 0.3) is 5.91 Å². The van der Waals surface area contributed by atoms with E-state index in [0.717, 1.165) is 0 Å². The Kier molecular flexibility index (Phi) is 3.65. The summed E-state index contributed by atoms with van der Waals surface area (Å²) in [5.74, 6) is -0.640. The largest absolute Gasteiger partial charge is 0.397 e. The molecule has 0 spiro atoms. The van der Waals surface area contributed by atoms with Crippen LogP contribution in [0.1, 0.15) is 10.4 Å². The van der Waals surface area contributed by atoms with Crippen LogP contribution in [0, 0.1) is 0 Å². The SMILES string of the molecule is CNC(=O)CNc1ncc(N)cc1C(N)=O. The number of nitrogens with zero attached hydrogens (tertiary/aromatic N) is 1. The maximum Gasteiger partial charge on any atom is 0.252 e. The van der Waals surface area contributed by atoms with Gasteiger partial charge in [0.15, 0.2) is 0 Å². The van der Waals surface area contributed by atoms with E-state index in [2.05, 4.69) is 15.6 Å². The number of carbonyl (C=O) groups is 2. The predicted molar refractivity (Wildman–Crippen MR) is 59.7 cm³/mol. The molecule has 0 aliphatic rings. The monoisotopic (exact) mass is 223 g/mol. The van der Waals surface area contributed by atoms with Gasteiger partial charge in [-0.2, -0.15) is 0 Å². The van der Waals surface area contributed by atoms with Crippen LogP contribution in [0.4, 0.5) is 11.5 Å². The number of aromatic nitrogens is 1. The van der Waals surface area contributed by atoms with E-state index in [1.165, 1.54) is 19.3 Å². The zero-order valence-electron chi connectivity index (χ0n) is 8.78. The van der Waals surface area contributed by atoms with Gasteiger partial charge >= 0.3 is 0 Å². The number of anilines is 2. The van der Waals surface area contributed by atoms with Crippen LogP contribution in [0.25, 0.3) is 0 Å². The van der Waals surface area contributed by atoms with Crippen LogP contribution in [0.15, 0.2) is 12.3 Å². The van der Waals surface area contributed by atoms with Gasteiger partial charge in [0.05, 0.1) is 24.0 Å². The highest BCUT2D eigenvalue weighted by atomic mass is 16.2. The van der Waals surface area contributed by atoms with E-state index < -0.39 is 5.91 Å². The minimum Gasteiger partial charge on any atom is -0.397 e. The van der Waals surface area contributed by atoms with Gasteiger partial charge in [0.1, 0.15) is 5.82 Å². The Balaban J connectivity index is 2.87. The fraction of sp³-hybridized carbons (Fsp3) is 0.222. The topological polar surface area (TPSA) is 123 Å². The van der Waals surface area contributed by atoms with Crippen LogP contribution >= 0.6 is 0 Å². The summed E-state index contributed by atoms with van der Waals surface area (Å²) < 4.78 is 0. The van der Waals surface area contributed by atoms with Gasteiger partial charge < -0.3 is 22.1 Å². The minimum absolute atomic E-state index is 0.00764. The molecule has 1 heterocycles. The van der Waals surface area contributed by atoms with E-state index in [9.17, 15) is 9.59 Å². The lowest BCUT2D eigenvalue weighted by molar-refractivity contribution is -0.118. The second kappa shape index (κ2) is 4.96. The van der Waals surface area contributed by atoms with Crippen molar-refractivity contribution >= 4 is 23.3 Å². The van der Waals surface area contributed by atoms with Crippen molar-refractivity contribution in [2.24, 2.45) is 5.73 Å². The zero-order chi connectivity index (χ0) is 12.1. The number of amides is 2. The second-order valence-corrected chi connectivity index (χ2v) is 3.06. The number of nitrogens with two attached hydrogens (primary N) is 2. The molecular formula is C9H13N5O2. The summed E-state index contributed by atoms with van der Waals surface area (Å²) in [6.45, 7) is 0.00764. The zero-order valence-corrected chi connectivity index (χ0v) is 8.78. The third-order valence-corrected chi connectivity index (χ3v) is 1.87. The van der Waals surface area contributed by atoms with Crippen molar-refractivity contribution in [3.8, 4) is 0 Å². The molecule has 0 aromatic carbocycles. The molecule has 2 amide bonds. The van der Waals surface area contributed by atoms with Crippen molar-refractivity contribution in [1.82, 2.24) is 10.3 Å². The number of primary amides is 1. The summed E-state index contributed by atoms with van der Waals surface area (Å²) >= 11 is 0. The Morgan fingerprint density at radius 2 is 2.19 bits per heavy atom. The first-order chi connectivity index (χ1) is 7.54. The van der Waals surface area contributed by atoms with Gasteiger partial charge in [-0.25, -0.2) is 4.98 Å². The first-order valence-electron chi connectivity index (χ1n) is 4.54. The van der Waals surface area contributed by atoms with Crippen LogP contribution in [0.5, 0.6) is 0 Å². The predicted octanol–water partition coefficient (Wildman–Crippen LogP) is -1.08. The molecule has 0 saturated heterocycles. The van der Waals surface area contributed by atoms with Crippen LogP contribution in [0.2, 0.25) is 0 Å². The lowest BCUT2D eigenvalue weighted by Gasteiger charge is -2.08. The smallest absolute Gasteiger partial charge is 0.252 e. The van der Waals surface area contributed by atoms with Crippen molar-refractivity contribution in [3.63, 3.8) is 0 Å². The number of hydrogen-bond donors (Lipinski definition) is 4. The van der Waals surface area contributed by atoms with Crippen molar-refractivity contribution in [2.75, 3.05) is 24.6 Å². The number of pyridine rings is 1. The van der Waals surface area contributed by atoms with Crippen LogP contribution in [-0.2, 0) is 4.79 Å². The van der Waals surface area contributed by atoms with Gasteiger partial charge in [-0.05, 0) is 6.07 Å². The Morgan fingerprint density at radius 1 is 1.50 bits per heavy atom. The number of nitrogen functional groups attached to an aromatic ring is 1. The maximum atomic E-state index is 11.1. The number of hydrogen-bond acceptors (Lipinski definition) is 5. The van der Waals surface area contributed by atoms with E-state index in [-0.39, 0.29) is 23.8 Å². The summed E-state index contributed by atoms with van der Waals surface area (Å²) in [5, 5.41) is 5.12. The number of rotatable bonds is 4. The number of likely N-dealkylation sites (N-methyl/N-ethyl adjacent to an activating group) is 1. The summed E-state index contributed by atoms with van der Waals surface area (Å²) in [6, 6.07) is 1.40. The molecule has 0 aliphatic carbocycles. The standard InChI is InChI=1S/C9H13N5O2/c1-12-7(15)4-14-9-6(8(11)16)2-5(10)3-13-9/h2-3H,4,10H2,1H3,(H2,11,16)(H,12,15)(H,13,14). The normalized spacial score (nSPS) is 9.56. The molecule has 0 atom stereocenters. The molecule has 0 fully saturated rings. The molecule has 0 bridgehead atoms. The van der Waals surface area contributed by atoms with Crippen LogP contribution < -0.4 is 22.1 Å². The van der Waals surface area contributed by atoms with Crippen LogP contribution in [0.3, 0.4) is 0 Å². The third kappa shape index (κ3) is 2.84. The molecule has 0 saturated carbocycles. The molecule has 86 valence electrons. The fourth-order valence-corrected chi connectivity index (χ4v) is 1.06. The van der Waals surface area contributed by atoms with E-state index >= 15 is 0 Å². The first-order valence-corrected chi connectivity index (χ1v) is 4.54. The average molecular weight is 223 g/mol. The highest BCUT2D eigenvalue weighted by Gasteiger charge is 2.10. The highest BCUT2D eigenvalue weighted by molar-refractivity contribution is 5.98. The van der Waals surface area contributed by atoms with Gasteiger partial charge in [-0.3, -0.25) is 9.59 Å². The highest BCUT2D eigenvalue weighted by Crippen LogP contribution is 2.14. The molecule has 1 aromatic rings. The quantitative estimate of drug-likeness (QED) is 0.517. The maximum absolute atomic E-state index is 11.1. The Morgan fingerprint density at radius 3 is 2.75 bits per heavy atom. The van der Waals surface area contributed by atoms with E-state index in [1.54, 1.807) is 0 Å². The molecular weight excluding hydrogens is 210 g/mol. The Hall–Kier alpha value is -2.31. The van der Waals surface area contributed by atoms with Gasteiger partial charge in [0, 0.05) is 7.05 Å². The summed E-state index contributed by atoms with van der Waals surface area (Å²) in [7, 11) is 1.51. The third-order valence-electron chi connectivity index (χ3n) is 1.87. The first kappa shape index (κ1) is 11.8. The lowest BCUT2D eigenvalue weighted by atomic mass is 10.2. The van der Waals surface area contributed by atoms with E-state index in [0.29, 0.717) is 5.69 Å². The van der Waals surface area contributed by atoms with Crippen LogP contribution in [-0.4, -0.2) is 30.4 Å². The number of nitrogens with one attached hydrogen (secondary N) is 2.